The highest BCUT2D eigenvalue weighted by Gasteiger charge is 2.07. The zero-order valence-electron chi connectivity index (χ0n) is 11.9. The van der Waals surface area contributed by atoms with Crippen molar-refractivity contribution >= 4 is 9.24 Å². The molecule has 0 heterocycles. The largest absolute Gasteiger partial charge is 0.388 e. The summed E-state index contributed by atoms with van der Waals surface area (Å²) in [6, 6.07) is 0. The van der Waals surface area contributed by atoms with Crippen LogP contribution in [0, 0.1) is 11.8 Å². The summed E-state index contributed by atoms with van der Waals surface area (Å²) in [6.07, 6.45) is 6.05. The third-order valence-corrected chi connectivity index (χ3v) is 3.55. The minimum Gasteiger partial charge on any atom is -0.388 e. The predicted octanol–water partition coefficient (Wildman–Crippen LogP) is 4.72. The first kappa shape index (κ1) is 16.7. The van der Waals surface area contributed by atoms with Gasteiger partial charge in [-0.25, -0.2) is 0 Å². The van der Waals surface area contributed by atoms with Crippen LogP contribution in [0.2, 0.25) is 0 Å². The first-order chi connectivity index (χ1) is 7.95. The van der Waals surface area contributed by atoms with E-state index in [9.17, 15) is 0 Å². The average Bonchev–Trinajstić information content (AvgIpc) is 2.25. The van der Waals surface area contributed by atoms with E-state index in [-0.39, 0.29) is 0 Å². The lowest BCUT2D eigenvalue weighted by atomic mass is 9.94. The Balaban J connectivity index is 3.62. The number of nitrogens with one attached hydrogen (secondary N) is 1. The molecule has 0 aromatic rings. The van der Waals surface area contributed by atoms with Crippen molar-refractivity contribution < 1.29 is 0 Å². The number of hydrogen-bond acceptors (Lipinski definition) is 1. The monoisotopic (exact) mass is 255 g/mol. The molecule has 1 N–H and O–H groups in total. The molecule has 1 nitrogen and oxygen atoms in total. The summed E-state index contributed by atoms with van der Waals surface area (Å²) in [7, 11) is 2.64. The SMILES string of the molecule is C=C(P)CCNC(=C)CC(C)CCC(C)CC. The van der Waals surface area contributed by atoms with Crippen LogP contribution < -0.4 is 5.32 Å². The minimum absolute atomic E-state index is 0.739. The maximum Gasteiger partial charge on any atom is 0.0184 e. The average molecular weight is 255 g/mol. The molecule has 3 unspecified atom stereocenters. The third kappa shape index (κ3) is 10.6. The molecule has 0 aliphatic heterocycles. The summed E-state index contributed by atoms with van der Waals surface area (Å²) in [5.74, 6) is 1.60. The molecule has 17 heavy (non-hydrogen) atoms. The Morgan fingerprint density at radius 3 is 2.29 bits per heavy atom. The standard InChI is InChI=1S/C15H30NP/c1-6-12(2)7-8-13(3)11-14(4)16-10-9-15(5)17/h12-13,16H,4-11,17H2,1-3H3. The summed E-state index contributed by atoms with van der Waals surface area (Å²) in [5, 5.41) is 4.53. The van der Waals surface area contributed by atoms with Crippen LogP contribution in [-0.2, 0) is 0 Å². The first-order valence-electron chi connectivity index (χ1n) is 6.80. The van der Waals surface area contributed by atoms with Gasteiger partial charge in [-0.3, -0.25) is 0 Å². The lowest BCUT2D eigenvalue weighted by molar-refractivity contribution is 0.416. The molecule has 100 valence electrons. The van der Waals surface area contributed by atoms with Crippen LogP contribution in [0.3, 0.4) is 0 Å². The molecule has 3 atom stereocenters. The Bertz CT molecular complexity index is 235. The molecule has 0 amide bonds. The van der Waals surface area contributed by atoms with E-state index in [4.69, 9.17) is 0 Å². The fourth-order valence-corrected chi connectivity index (χ4v) is 1.91. The van der Waals surface area contributed by atoms with Gasteiger partial charge in [0.05, 0.1) is 0 Å². The molecule has 0 fully saturated rings. The van der Waals surface area contributed by atoms with E-state index in [0.29, 0.717) is 0 Å². The van der Waals surface area contributed by atoms with Gasteiger partial charge >= 0.3 is 0 Å². The molecule has 0 aliphatic carbocycles. The smallest absolute Gasteiger partial charge is 0.0184 e. The van der Waals surface area contributed by atoms with Crippen LogP contribution in [0.4, 0.5) is 0 Å². The molecular weight excluding hydrogens is 225 g/mol. The van der Waals surface area contributed by atoms with Crippen molar-refractivity contribution in [2.24, 2.45) is 11.8 Å². The minimum atomic E-state index is 0.739. The van der Waals surface area contributed by atoms with Gasteiger partial charge in [0.2, 0.25) is 0 Å². The van der Waals surface area contributed by atoms with Crippen molar-refractivity contribution in [3.63, 3.8) is 0 Å². The van der Waals surface area contributed by atoms with Gasteiger partial charge in [0, 0.05) is 12.2 Å². The third-order valence-electron chi connectivity index (χ3n) is 3.27. The Morgan fingerprint density at radius 1 is 1.18 bits per heavy atom. The maximum atomic E-state index is 4.09. The fourth-order valence-electron chi connectivity index (χ4n) is 1.77. The second-order valence-corrected chi connectivity index (χ2v) is 6.16. The first-order valence-corrected chi connectivity index (χ1v) is 7.38. The fraction of sp³-hybridized carbons (Fsp3) is 0.733. The van der Waals surface area contributed by atoms with Crippen molar-refractivity contribution in [3.8, 4) is 0 Å². The highest BCUT2D eigenvalue weighted by molar-refractivity contribution is 7.22. The van der Waals surface area contributed by atoms with Gasteiger partial charge in [0.1, 0.15) is 0 Å². The number of allylic oxidation sites excluding steroid dienone is 1. The molecule has 0 saturated carbocycles. The molecular formula is C15H30NP. The van der Waals surface area contributed by atoms with Crippen molar-refractivity contribution in [1.29, 1.82) is 0 Å². The van der Waals surface area contributed by atoms with Gasteiger partial charge < -0.3 is 5.32 Å². The van der Waals surface area contributed by atoms with Crippen molar-refractivity contribution in [3.05, 3.63) is 24.2 Å². The Labute approximate surface area is 110 Å². The quantitative estimate of drug-likeness (QED) is 0.557. The molecule has 0 bridgehead atoms. The Hall–Kier alpha value is -0.290. The lowest BCUT2D eigenvalue weighted by Gasteiger charge is -2.16. The summed E-state index contributed by atoms with van der Waals surface area (Å²) in [6.45, 7) is 15.8. The van der Waals surface area contributed by atoms with Crippen molar-refractivity contribution in [2.75, 3.05) is 6.54 Å². The number of rotatable bonds is 10. The van der Waals surface area contributed by atoms with E-state index in [1.54, 1.807) is 0 Å². The zero-order chi connectivity index (χ0) is 13.3. The van der Waals surface area contributed by atoms with E-state index < -0.39 is 0 Å². The Kier molecular flexibility index (Phi) is 9.55. The zero-order valence-corrected chi connectivity index (χ0v) is 13.0. The summed E-state index contributed by atoms with van der Waals surface area (Å²) in [5.41, 5.74) is 1.17. The maximum absolute atomic E-state index is 4.09. The lowest BCUT2D eigenvalue weighted by Crippen LogP contribution is -2.16. The molecule has 0 aromatic carbocycles. The van der Waals surface area contributed by atoms with Gasteiger partial charge in [0.15, 0.2) is 0 Å². The van der Waals surface area contributed by atoms with Gasteiger partial charge in [0.25, 0.3) is 0 Å². The van der Waals surface area contributed by atoms with E-state index in [2.05, 4.69) is 48.5 Å². The normalized spacial score (nSPS) is 14.1. The summed E-state index contributed by atoms with van der Waals surface area (Å²) >= 11 is 0. The second-order valence-electron chi connectivity index (χ2n) is 5.34. The van der Waals surface area contributed by atoms with Crippen LogP contribution in [-0.4, -0.2) is 6.54 Å². The van der Waals surface area contributed by atoms with Gasteiger partial charge in [-0.15, -0.1) is 9.24 Å². The van der Waals surface area contributed by atoms with E-state index in [0.717, 1.165) is 36.5 Å². The predicted molar refractivity (Wildman–Crippen MR) is 83.1 cm³/mol. The molecule has 0 aliphatic rings. The topological polar surface area (TPSA) is 12.0 Å². The highest BCUT2D eigenvalue weighted by atomic mass is 31.0. The molecule has 0 saturated heterocycles. The van der Waals surface area contributed by atoms with Crippen LogP contribution in [0.15, 0.2) is 24.2 Å². The molecule has 0 aromatic heterocycles. The number of hydrogen-bond donors (Lipinski definition) is 1. The summed E-state index contributed by atoms with van der Waals surface area (Å²) < 4.78 is 0. The van der Waals surface area contributed by atoms with E-state index in [1.807, 2.05) is 0 Å². The highest BCUT2D eigenvalue weighted by Crippen LogP contribution is 2.19. The molecule has 0 radical (unpaired) electrons. The van der Waals surface area contributed by atoms with Crippen molar-refractivity contribution in [2.45, 2.75) is 52.9 Å². The van der Waals surface area contributed by atoms with Crippen LogP contribution in [0.5, 0.6) is 0 Å². The van der Waals surface area contributed by atoms with Gasteiger partial charge in [-0.1, -0.05) is 58.5 Å². The van der Waals surface area contributed by atoms with Crippen LogP contribution in [0.25, 0.3) is 0 Å². The van der Waals surface area contributed by atoms with Crippen LogP contribution in [0.1, 0.15) is 52.9 Å². The Morgan fingerprint density at radius 2 is 1.76 bits per heavy atom. The summed E-state index contributed by atoms with van der Waals surface area (Å²) in [4.78, 5) is 0. The molecule has 0 rings (SSSR count). The van der Waals surface area contributed by atoms with Crippen LogP contribution >= 0.6 is 9.24 Å². The van der Waals surface area contributed by atoms with E-state index in [1.165, 1.54) is 25.0 Å². The van der Waals surface area contributed by atoms with Crippen molar-refractivity contribution in [1.82, 2.24) is 5.32 Å². The second kappa shape index (κ2) is 9.71. The van der Waals surface area contributed by atoms with Gasteiger partial charge in [-0.2, -0.15) is 0 Å². The molecule has 0 spiro atoms. The molecule has 2 heteroatoms. The van der Waals surface area contributed by atoms with E-state index >= 15 is 0 Å². The van der Waals surface area contributed by atoms with Gasteiger partial charge in [-0.05, 0) is 24.7 Å².